The molecule has 0 aliphatic heterocycles. The summed E-state index contributed by atoms with van der Waals surface area (Å²) in [4.78, 5) is 24.4. The highest BCUT2D eigenvalue weighted by molar-refractivity contribution is 9.10. The minimum atomic E-state index is -0.499. The largest absolute Gasteiger partial charge is 0.332 e. The van der Waals surface area contributed by atoms with E-state index < -0.39 is 5.82 Å². The van der Waals surface area contributed by atoms with Crippen LogP contribution in [-0.2, 0) is 4.79 Å². The molecule has 0 spiro atoms. The number of halogens is 2. The molecule has 3 N–H and O–H groups in total. The first-order chi connectivity index (χ1) is 15.3. The van der Waals surface area contributed by atoms with Crippen LogP contribution in [0.5, 0.6) is 0 Å². The lowest BCUT2D eigenvalue weighted by atomic mass is 10.1. The summed E-state index contributed by atoms with van der Waals surface area (Å²) in [7, 11) is 0. The Morgan fingerprint density at radius 1 is 0.969 bits per heavy atom. The van der Waals surface area contributed by atoms with Crippen molar-refractivity contribution in [2.24, 2.45) is 0 Å². The topological polar surface area (TPSA) is 70.2 Å². The predicted molar refractivity (Wildman–Crippen MR) is 136 cm³/mol. The summed E-state index contributed by atoms with van der Waals surface area (Å²) in [5, 5.41) is 9.12. The van der Waals surface area contributed by atoms with Gasteiger partial charge in [0.05, 0.1) is 11.4 Å². The Kier molecular flexibility index (Phi) is 8.38. The quantitative estimate of drug-likeness (QED) is 0.188. The normalized spacial score (nSPS) is 10.3. The zero-order valence-corrected chi connectivity index (χ0v) is 20.2. The fourth-order valence-corrected chi connectivity index (χ4v) is 4.00. The van der Waals surface area contributed by atoms with Crippen molar-refractivity contribution >= 4 is 73.8 Å². The van der Waals surface area contributed by atoms with Gasteiger partial charge in [-0.25, -0.2) is 4.39 Å². The zero-order chi connectivity index (χ0) is 23.1. The Balaban J connectivity index is 1.52. The molecule has 164 valence electrons. The third-order valence-electron chi connectivity index (χ3n) is 4.22. The number of ketones is 1. The number of thiocarbonyl (C=S) groups is 1. The molecule has 0 aliphatic rings. The SMILES string of the molecule is CC(=O)c1ccc(NC(=S)Nc2cccc(SCC(=O)Nc3ccc(Br)cc3F)c2)cc1. The van der Waals surface area contributed by atoms with Crippen molar-refractivity contribution in [2.45, 2.75) is 11.8 Å². The van der Waals surface area contributed by atoms with Gasteiger partial charge in [0.25, 0.3) is 0 Å². The summed E-state index contributed by atoms with van der Waals surface area (Å²) < 4.78 is 14.5. The smallest absolute Gasteiger partial charge is 0.234 e. The summed E-state index contributed by atoms with van der Waals surface area (Å²) >= 11 is 9.86. The Morgan fingerprint density at radius 2 is 1.69 bits per heavy atom. The highest BCUT2D eigenvalue weighted by Crippen LogP contribution is 2.23. The lowest BCUT2D eigenvalue weighted by molar-refractivity contribution is -0.113. The molecule has 1 amide bonds. The summed E-state index contributed by atoms with van der Waals surface area (Å²) in [6.45, 7) is 1.52. The number of carbonyl (C=O) groups excluding carboxylic acids is 2. The molecular weight excluding hydrogens is 513 g/mol. The average Bonchev–Trinajstić information content (AvgIpc) is 2.75. The molecule has 0 fully saturated rings. The molecule has 3 aromatic rings. The molecule has 0 radical (unpaired) electrons. The van der Waals surface area contributed by atoms with Gasteiger partial charge in [0.1, 0.15) is 5.82 Å². The van der Waals surface area contributed by atoms with Crippen molar-refractivity contribution in [2.75, 3.05) is 21.7 Å². The second-order valence-corrected chi connectivity index (χ2v) is 9.07. The molecule has 3 rings (SSSR count). The molecule has 3 aromatic carbocycles. The van der Waals surface area contributed by atoms with E-state index in [1.54, 1.807) is 30.3 Å². The summed E-state index contributed by atoms with van der Waals surface area (Å²) in [5.74, 6) is -0.673. The van der Waals surface area contributed by atoms with Crippen LogP contribution in [0.15, 0.2) is 76.1 Å². The number of rotatable bonds is 7. The first-order valence-corrected chi connectivity index (χ1v) is 11.7. The fourth-order valence-electron chi connectivity index (χ4n) is 2.67. The van der Waals surface area contributed by atoms with E-state index in [0.717, 1.165) is 16.3 Å². The summed E-state index contributed by atoms with van der Waals surface area (Å²) in [6, 6.07) is 18.9. The van der Waals surface area contributed by atoms with Crippen LogP contribution in [0.2, 0.25) is 0 Å². The molecule has 0 bridgehead atoms. The van der Waals surface area contributed by atoms with Crippen LogP contribution < -0.4 is 16.0 Å². The van der Waals surface area contributed by atoms with E-state index in [2.05, 4.69) is 31.9 Å². The zero-order valence-electron chi connectivity index (χ0n) is 16.9. The van der Waals surface area contributed by atoms with E-state index in [1.165, 1.54) is 30.8 Å². The van der Waals surface area contributed by atoms with E-state index in [9.17, 15) is 14.0 Å². The molecule has 0 unspecified atom stereocenters. The molecule has 5 nitrogen and oxygen atoms in total. The van der Waals surface area contributed by atoms with Gasteiger partial charge in [-0.05, 0) is 79.8 Å². The average molecular weight is 532 g/mol. The molecule has 32 heavy (non-hydrogen) atoms. The molecule has 0 atom stereocenters. The molecule has 9 heteroatoms. The highest BCUT2D eigenvalue weighted by atomic mass is 79.9. The van der Waals surface area contributed by atoms with Gasteiger partial charge in [0.2, 0.25) is 5.91 Å². The first kappa shape index (κ1) is 23.9. The molecular formula is C23H19BrFN3O2S2. The van der Waals surface area contributed by atoms with Crippen molar-refractivity contribution in [3.8, 4) is 0 Å². The minimum absolute atomic E-state index is 0.00206. The molecule has 0 aliphatic carbocycles. The monoisotopic (exact) mass is 531 g/mol. The van der Waals surface area contributed by atoms with Crippen LogP contribution in [0.25, 0.3) is 0 Å². The second-order valence-electron chi connectivity index (χ2n) is 6.70. The molecule has 0 saturated carbocycles. The van der Waals surface area contributed by atoms with Crippen LogP contribution in [0.3, 0.4) is 0 Å². The van der Waals surface area contributed by atoms with Gasteiger partial charge in [-0.15, -0.1) is 11.8 Å². The number of amides is 1. The van der Waals surface area contributed by atoms with Crippen molar-refractivity contribution in [3.63, 3.8) is 0 Å². The molecule has 0 heterocycles. The van der Waals surface area contributed by atoms with Crippen LogP contribution in [-0.4, -0.2) is 22.6 Å². The Morgan fingerprint density at radius 3 is 2.38 bits per heavy atom. The van der Waals surface area contributed by atoms with E-state index in [0.29, 0.717) is 15.1 Å². The van der Waals surface area contributed by atoms with Crippen LogP contribution >= 0.6 is 39.9 Å². The lowest BCUT2D eigenvalue weighted by Gasteiger charge is -2.12. The maximum absolute atomic E-state index is 13.9. The number of hydrogen-bond acceptors (Lipinski definition) is 4. The summed E-state index contributed by atoms with van der Waals surface area (Å²) in [5.41, 5.74) is 2.29. The van der Waals surface area contributed by atoms with Crippen LogP contribution in [0, 0.1) is 5.82 Å². The second kappa shape index (κ2) is 11.2. The van der Waals surface area contributed by atoms with E-state index in [4.69, 9.17) is 12.2 Å². The molecule has 0 saturated heterocycles. The third kappa shape index (κ3) is 7.15. The summed E-state index contributed by atoms with van der Waals surface area (Å²) in [6.07, 6.45) is 0. The lowest BCUT2D eigenvalue weighted by Crippen LogP contribution is -2.19. The van der Waals surface area contributed by atoms with Crippen molar-refractivity contribution in [3.05, 3.63) is 82.6 Å². The Bertz CT molecular complexity index is 1160. The highest BCUT2D eigenvalue weighted by Gasteiger charge is 2.09. The fraction of sp³-hybridized carbons (Fsp3) is 0.0870. The number of carbonyl (C=O) groups is 2. The maximum Gasteiger partial charge on any atom is 0.234 e. The van der Waals surface area contributed by atoms with E-state index >= 15 is 0 Å². The van der Waals surface area contributed by atoms with Crippen LogP contribution in [0.4, 0.5) is 21.5 Å². The minimum Gasteiger partial charge on any atom is -0.332 e. The molecule has 0 aromatic heterocycles. The van der Waals surface area contributed by atoms with E-state index in [1.807, 2.05) is 24.3 Å². The van der Waals surface area contributed by atoms with Gasteiger partial charge >= 0.3 is 0 Å². The first-order valence-electron chi connectivity index (χ1n) is 9.47. The third-order valence-corrected chi connectivity index (χ3v) is 5.91. The Labute approximate surface area is 203 Å². The van der Waals surface area contributed by atoms with Gasteiger partial charge < -0.3 is 16.0 Å². The maximum atomic E-state index is 13.9. The van der Waals surface area contributed by atoms with Gasteiger partial charge in [-0.1, -0.05) is 22.0 Å². The number of hydrogen-bond donors (Lipinski definition) is 3. The standard InChI is InChI=1S/C23H19BrFN3O2S2/c1-14(29)15-5-8-17(9-6-15)26-23(31)27-18-3-2-4-19(12-18)32-13-22(30)28-21-10-7-16(24)11-20(21)25/h2-12H,13H2,1H3,(H,28,30)(H2,26,27,31). The number of nitrogens with one attached hydrogen (secondary N) is 3. The number of benzene rings is 3. The van der Waals surface area contributed by atoms with Gasteiger partial charge in [-0.2, -0.15) is 0 Å². The predicted octanol–water partition coefficient (Wildman–Crippen LogP) is 6.33. The van der Waals surface area contributed by atoms with Gasteiger partial charge in [0, 0.05) is 26.3 Å². The number of Topliss-reactive ketones (excluding diaryl/α,β-unsaturated/α-hetero) is 1. The van der Waals surface area contributed by atoms with Gasteiger partial charge in [-0.3, -0.25) is 9.59 Å². The Hall–Kier alpha value is -2.75. The van der Waals surface area contributed by atoms with Gasteiger partial charge in [0.15, 0.2) is 10.9 Å². The van der Waals surface area contributed by atoms with Crippen molar-refractivity contribution in [1.29, 1.82) is 0 Å². The number of thioether (sulfide) groups is 1. The number of anilines is 3. The van der Waals surface area contributed by atoms with Crippen LogP contribution in [0.1, 0.15) is 17.3 Å². The van der Waals surface area contributed by atoms with Crippen molar-refractivity contribution < 1.29 is 14.0 Å². The van der Waals surface area contributed by atoms with E-state index in [-0.39, 0.29) is 23.1 Å². The van der Waals surface area contributed by atoms with Crippen molar-refractivity contribution in [1.82, 2.24) is 0 Å².